The van der Waals surface area contributed by atoms with Crippen LogP contribution >= 0.6 is 0 Å². The van der Waals surface area contributed by atoms with E-state index in [0.717, 1.165) is 11.8 Å². The Bertz CT molecular complexity index is 177. The number of fused-ring (bicyclic) bond motifs is 2. The van der Waals surface area contributed by atoms with E-state index in [-0.39, 0.29) is 19.5 Å². The average molecular weight is 282 g/mol. The Morgan fingerprint density at radius 1 is 0.846 bits per heavy atom. The molecule has 0 aromatic heterocycles. The van der Waals surface area contributed by atoms with Crippen molar-refractivity contribution < 1.29 is 36.7 Å². The van der Waals surface area contributed by atoms with Crippen molar-refractivity contribution >= 4 is 7.25 Å². The number of allylic oxidation sites excluding steroid dienone is 4. The first-order valence-electron chi connectivity index (χ1n) is 3.69. The van der Waals surface area contributed by atoms with Crippen LogP contribution in [0.5, 0.6) is 0 Å². The summed E-state index contributed by atoms with van der Waals surface area (Å²) in [5, 5.41) is 0. The molecule has 2 rings (SSSR count). The summed E-state index contributed by atoms with van der Waals surface area (Å²) in [5.74, 6) is 1.62. The van der Waals surface area contributed by atoms with Gasteiger partial charge in [0.25, 0.3) is 0 Å². The second-order valence-electron chi connectivity index (χ2n) is 2.83. The van der Waals surface area contributed by atoms with Gasteiger partial charge in [0.2, 0.25) is 0 Å². The molecule has 0 nitrogen and oxygen atoms in total. The van der Waals surface area contributed by atoms with E-state index in [2.05, 4.69) is 24.3 Å². The summed E-state index contributed by atoms with van der Waals surface area (Å²) in [6.45, 7) is 0. The Balaban J connectivity index is 0.000000220. The molecule has 13 heavy (non-hydrogen) atoms. The molecular weight excluding hydrogens is 274 g/mol. The predicted octanol–water partition coefficient (Wildman–Crippen LogP) is 3.05. The van der Waals surface area contributed by atoms with Gasteiger partial charge in [-0.3, -0.25) is 0 Å². The van der Waals surface area contributed by atoms with Crippen molar-refractivity contribution in [1.29, 1.82) is 0 Å². The minimum Gasteiger partial charge on any atom is -0.418 e. The van der Waals surface area contributed by atoms with Crippen LogP contribution in [0.4, 0.5) is 17.3 Å². The van der Waals surface area contributed by atoms with Crippen molar-refractivity contribution in [3.8, 4) is 0 Å². The zero-order chi connectivity index (χ0) is 9.19. The van der Waals surface area contributed by atoms with Gasteiger partial charge in [0.05, 0.1) is 0 Å². The SMILES string of the molecule is C1=CC2C=CC1C2.F[B-](F)(F)F.[Rh+3]. The average Bonchev–Trinajstić information content (AvgIpc) is 2.42. The molecule has 6 heteroatoms. The van der Waals surface area contributed by atoms with Crippen molar-refractivity contribution in [2.24, 2.45) is 11.8 Å². The largest absolute Gasteiger partial charge is 3.00 e. The molecule has 0 atom stereocenters. The van der Waals surface area contributed by atoms with Gasteiger partial charge < -0.3 is 17.3 Å². The molecule has 0 unspecified atom stereocenters. The van der Waals surface area contributed by atoms with Crippen LogP contribution in [0.3, 0.4) is 0 Å². The van der Waals surface area contributed by atoms with Crippen LogP contribution in [-0.4, -0.2) is 7.25 Å². The Morgan fingerprint density at radius 2 is 1.08 bits per heavy atom. The minimum absolute atomic E-state index is 0. The summed E-state index contributed by atoms with van der Waals surface area (Å²) in [5.41, 5.74) is 0. The van der Waals surface area contributed by atoms with Crippen molar-refractivity contribution in [2.45, 2.75) is 6.42 Å². The van der Waals surface area contributed by atoms with Gasteiger partial charge in [-0.2, -0.15) is 0 Å². The van der Waals surface area contributed by atoms with E-state index < -0.39 is 7.25 Å². The fourth-order valence-electron chi connectivity index (χ4n) is 1.33. The molecule has 0 aromatic rings. The van der Waals surface area contributed by atoms with Crippen LogP contribution in [0.15, 0.2) is 24.3 Å². The van der Waals surface area contributed by atoms with E-state index >= 15 is 0 Å². The maximum atomic E-state index is 9.75. The van der Waals surface area contributed by atoms with Gasteiger partial charge in [-0.05, 0) is 18.3 Å². The third kappa shape index (κ3) is 6.03. The number of halogens is 4. The van der Waals surface area contributed by atoms with E-state index in [0.29, 0.717) is 0 Å². The van der Waals surface area contributed by atoms with E-state index in [1.54, 1.807) is 0 Å². The van der Waals surface area contributed by atoms with Gasteiger partial charge in [0.1, 0.15) is 0 Å². The Labute approximate surface area is 86.9 Å². The van der Waals surface area contributed by atoms with Gasteiger partial charge in [-0.25, -0.2) is 0 Å². The molecule has 0 aromatic carbocycles. The summed E-state index contributed by atoms with van der Waals surface area (Å²) in [4.78, 5) is 0. The Kier molecular flexibility index (Phi) is 4.90. The van der Waals surface area contributed by atoms with Gasteiger partial charge in [-0.15, -0.1) is 0 Å². The molecule has 0 saturated heterocycles. The second kappa shape index (κ2) is 4.94. The first-order chi connectivity index (χ1) is 5.45. The van der Waals surface area contributed by atoms with Gasteiger partial charge in [0.15, 0.2) is 0 Å². The molecule has 0 radical (unpaired) electrons. The zero-order valence-electron chi connectivity index (χ0n) is 6.59. The number of hydrogen-bond donors (Lipinski definition) is 0. The van der Waals surface area contributed by atoms with Crippen molar-refractivity contribution in [3.63, 3.8) is 0 Å². The van der Waals surface area contributed by atoms with Crippen LogP contribution in [0.1, 0.15) is 6.42 Å². The van der Waals surface area contributed by atoms with Crippen molar-refractivity contribution in [3.05, 3.63) is 24.3 Å². The zero-order valence-corrected chi connectivity index (χ0v) is 8.23. The summed E-state index contributed by atoms with van der Waals surface area (Å²) < 4.78 is 39.0. The van der Waals surface area contributed by atoms with Gasteiger partial charge in [0, 0.05) is 0 Å². The molecule has 2 aliphatic rings. The molecule has 2 bridgehead atoms. The van der Waals surface area contributed by atoms with Crippen LogP contribution in [0, 0.1) is 11.8 Å². The first-order valence-corrected chi connectivity index (χ1v) is 3.69. The summed E-state index contributed by atoms with van der Waals surface area (Å²) >= 11 is 0. The fourth-order valence-corrected chi connectivity index (χ4v) is 1.33. The van der Waals surface area contributed by atoms with E-state index in [4.69, 9.17) is 0 Å². The Morgan fingerprint density at radius 3 is 1.15 bits per heavy atom. The molecule has 0 N–H and O–H groups in total. The molecule has 0 spiro atoms. The number of rotatable bonds is 0. The van der Waals surface area contributed by atoms with Gasteiger partial charge >= 0.3 is 26.7 Å². The molecule has 0 fully saturated rings. The smallest absolute Gasteiger partial charge is 0.418 e. The van der Waals surface area contributed by atoms with E-state index in [1.165, 1.54) is 6.42 Å². The molecule has 0 saturated carbocycles. The second-order valence-corrected chi connectivity index (χ2v) is 2.83. The third-order valence-corrected chi connectivity index (χ3v) is 1.76. The minimum atomic E-state index is -6.00. The topological polar surface area (TPSA) is 0 Å². The predicted molar refractivity (Wildman–Crippen MR) is 40.1 cm³/mol. The summed E-state index contributed by atoms with van der Waals surface area (Å²) in [7, 11) is -6.00. The van der Waals surface area contributed by atoms with Gasteiger partial charge in [-0.1, -0.05) is 24.3 Å². The molecular formula is C7H8BF4Rh+2. The standard InChI is InChI=1S/C7H8.BF4.Rh/c1-2-7-4-3-6(1)5-7;2-1(3,4)5;/h1-4,6-7H,5H2;;/q;-1;+3. The normalized spacial score (nSPS) is 28.0. The molecule has 2 aliphatic carbocycles. The molecule has 0 heterocycles. The maximum absolute atomic E-state index is 9.75. The van der Waals surface area contributed by atoms with E-state index in [1.807, 2.05) is 0 Å². The molecule has 74 valence electrons. The van der Waals surface area contributed by atoms with Crippen molar-refractivity contribution in [2.75, 3.05) is 0 Å². The summed E-state index contributed by atoms with van der Waals surface area (Å²) in [6.07, 6.45) is 10.5. The van der Waals surface area contributed by atoms with Crippen LogP contribution < -0.4 is 0 Å². The first kappa shape index (κ1) is 12.9. The van der Waals surface area contributed by atoms with Crippen LogP contribution in [-0.2, 0) is 19.5 Å². The fraction of sp³-hybridized carbons (Fsp3) is 0.429. The van der Waals surface area contributed by atoms with Crippen LogP contribution in [0.2, 0.25) is 0 Å². The van der Waals surface area contributed by atoms with Crippen LogP contribution in [0.25, 0.3) is 0 Å². The maximum Gasteiger partial charge on any atom is 3.00 e. The monoisotopic (exact) mass is 282 g/mol. The number of hydrogen-bond acceptors (Lipinski definition) is 0. The Hall–Kier alpha value is -0.112. The van der Waals surface area contributed by atoms with Crippen molar-refractivity contribution in [1.82, 2.24) is 0 Å². The summed E-state index contributed by atoms with van der Waals surface area (Å²) in [6, 6.07) is 0. The van der Waals surface area contributed by atoms with E-state index in [9.17, 15) is 17.3 Å². The molecule has 0 aliphatic heterocycles. The third-order valence-electron chi connectivity index (χ3n) is 1.76. The quantitative estimate of drug-likeness (QED) is 0.364. The molecule has 0 amide bonds.